The molecule has 1 unspecified atom stereocenters. The zero-order chi connectivity index (χ0) is 15.9. The van der Waals surface area contributed by atoms with Crippen molar-refractivity contribution in [3.8, 4) is 0 Å². The fourth-order valence-corrected chi connectivity index (χ4v) is 4.80. The molecule has 1 atom stereocenters. The van der Waals surface area contributed by atoms with Crippen LogP contribution in [0.5, 0.6) is 0 Å². The molecule has 0 aliphatic heterocycles. The maximum atomic E-state index is 12.6. The smallest absolute Gasteiger partial charge is 0.260 e. The van der Waals surface area contributed by atoms with Crippen LogP contribution in [0.4, 0.5) is 0 Å². The van der Waals surface area contributed by atoms with Crippen LogP contribution in [-0.4, -0.2) is 22.8 Å². The van der Waals surface area contributed by atoms with Crippen LogP contribution in [-0.2, 0) is 10.0 Å². The molecular weight excluding hydrogens is 344 g/mol. The predicted molar refractivity (Wildman–Crippen MR) is 85.8 cm³/mol. The molecule has 3 heterocycles. The van der Waals surface area contributed by atoms with Crippen molar-refractivity contribution < 1.29 is 8.42 Å². The molecule has 0 aliphatic carbocycles. The van der Waals surface area contributed by atoms with E-state index >= 15 is 0 Å². The SMILES string of the molecule is Cc1cnc(C(C)NS(=O)(=O)c2c(Cl)nc3ccccn23)s1. The fraction of sp³-hybridized carbons (Fsp3) is 0.231. The van der Waals surface area contributed by atoms with Crippen LogP contribution in [0.2, 0.25) is 5.15 Å². The second-order valence-corrected chi connectivity index (χ2v) is 8.04. The predicted octanol–water partition coefficient (Wildman–Crippen LogP) is 2.79. The van der Waals surface area contributed by atoms with E-state index in [0.717, 1.165) is 4.88 Å². The summed E-state index contributed by atoms with van der Waals surface area (Å²) in [5, 5.41) is 0.581. The Kier molecular flexibility index (Phi) is 3.94. The van der Waals surface area contributed by atoms with Gasteiger partial charge in [0, 0.05) is 17.3 Å². The molecule has 3 rings (SSSR count). The third-order valence-electron chi connectivity index (χ3n) is 3.04. The average Bonchev–Trinajstić information content (AvgIpc) is 3.00. The number of rotatable bonds is 4. The summed E-state index contributed by atoms with van der Waals surface area (Å²) in [5.74, 6) is 0. The molecule has 3 aromatic heterocycles. The highest BCUT2D eigenvalue weighted by Crippen LogP contribution is 2.25. The number of hydrogen-bond acceptors (Lipinski definition) is 5. The van der Waals surface area contributed by atoms with Gasteiger partial charge < -0.3 is 0 Å². The molecule has 116 valence electrons. The molecular formula is C13H13ClN4O2S2. The second-order valence-electron chi connectivity index (χ2n) is 4.79. The van der Waals surface area contributed by atoms with Gasteiger partial charge in [-0.1, -0.05) is 17.7 Å². The summed E-state index contributed by atoms with van der Waals surface area (Å²) in [5.41, 5.74) is 0.477. The first-order valence-corrected chi connectivity index (χ1v) is 9.13. The van der Waals surface area contributed by atoms with Gasteiger partial charge in [0.1, 0.15) is 10.7 Å². The van der Waals surface area contributed by atoms with Gasteiger partial charge in [0.05, 0.1) is 6.04 Å². The summed E-state index contributed by atoms with van der Waals surface area (Å²) < 4.78 is 29.3. The molecule has 0 amide bonds. The molecule has 0 spiro atoms. The first-order valence-electron chi connectivity index (χ1n) is 6.46. The van der Waals surface area contributed by atoms with Crippen LogP contribution in [0.25, 0.3) is 5.65 Å². The number of sulfonamides is 1. The number of hydrogen-bond donors (Lipinski definition) is 1. The molecule has 6 nitrogen and oxygen atoms in total. The van der Waals surface area contributed by atoms with Gasteiger partial charge in [0.25, 0.3) is 10.0 Å². The number of halogens is 1. The first kappa shape index (κ1) is 15.4. The Morgan fingerprint density at radius 3 is 2.86 bits per heavy atom. The highest BCUT2D eigenvalue weighted by molar-refractivity contribution is 7.89. The summed E-state index contributed by atoms with van der Waals surface area (Å²) >= 11 is 7.47. The number of aromatic nitrogens is 3. The quantitative estimate of drug-likeness (QED) is 0.779. The van der Waals surface area contributed by atoms with Crippen LogP contribution in [0.3, 0.4) is 0 Å². The summed E-state index contributed by atoms with van der Waals surface area (Å²) in [6.07, 6.45) is 3.33. The Morgan fingerprint density at radius 2 is 2.18 bits per heavy atom. The van der Waals surface area contributed by atoms with Crippen molar-refractivity contribution >= 4 is 38.6 Å². The number of nitrogens with zero attached hydrogens (tertiary/aromatic N) is 3. The fourth-order valence-electron chi connectivity index (χ4n) is 2.10. The second kappa shape index (κ2) is 5.62. The van der Waals surface area contributed by atoms with Gasteiger partial charge in [-0.2, -0.15) is 0 Å². The number of pyridine rings is 1. The number of nitrogens with one attached hydrogen (secondary N) is 1. The molecule has 0 saturated carbocycles. The lowest BCUT2D eigenvalue weighted by atomic mass is 10.4. The molecule has 0 aromatic carbocycles. The molecule has 0 aliphatic rings. The van der Waals surface area contributed by atoms with Gasteiger partial charge in [-0.05, 0) is 26.0 Å². The van der Waals surface area contributed by atoms with Crippen molar-refractivity contribution in [3.05, 3.63) is 45.6 Å². The summed E-state index contributed by atoms with van der Waals surface area (Å²) in [6.45, 7) is 3.66. The summed E-state index contributed by atoms with van der Waals surface area (Å²) in [6, 6.07) is 4.73. The van der Waals surface area contributed by atoms with Gasteiger partial charge in [-0.3, -0.25) is 4.40 Å². The van der Waals surface area contributed by atoms with E-state index in [2.05, 4.69) is 14.7 Å². The van der Waals surface area contributed by atoms with E-state index in [1.807, 2.05) is 6.92 Å². The van der Waals surface area contributed by atoms with Crippen molar-refractivity contribution in [2.45, 2.75) is 24.9 Å². The standard InChI is InChI=1S/C13H13ClN4O2S2/c1-8-7-15-12(21-8)9(2)17-22(19,20)13-11(14)16-10-5-3-4-6-18(10)13/h3-7,9,17H,1-2H3. The van der Waals surface area contributed by atoms with E-state index < -0.39 is 16.1 Å². The van der Waals surface area contributed by atoms with E-state index in [1.54, 1.807) is 37.5 Å². The maximum Gasteiger partial charge on any atom is 0.260 e. The van der Waals surface area contributed by atoms with E-state index in [1.165, 1.54) is 15.7 Å². The van der Waals surface area contributed by atoms with Crippen molar-refractivity contribution in [2.75, 3.05) is 0 Å². The van der Waals surface area contributed by atoms with Gasteiger partial charge in [-0.15, -0.1) is 11.3 Å². The monoisotopic (exact) mass is 356 g/mol. The molecule has 3 aromatic rings. The third kappa shape index (κ3) is 2.74. The van der Waals surface area contributed by atoms with Gasteiger partial charge >= 0.3 is 0 Å². The average molecular weight is 357 g/mol. The normalized spacial score (nSPS) is 13.6. The van der Waals surface area contributed by atoms with Crippen molar-refractivity contribution in [1.29, 1.82) is 0 Å². The summed E-state index contributed by atoms with van der Waals surface area (Å²) in [4.78, 5) is 9.28. The van der Waals surface area contributed by atoms with Gasteiger partial charge in [0.2, 0.25) is 0 Å². The molecule has 0 radical (unpaired) electrons. The van der Waals surface area contributed by atoms with Crippen LogP contribution in [0.1, 0.15) is 22.9 Å². The lowest BCUT2D eigenvalue weighted by Gasteiger charge is -2.11. The zero-order valence-corrected chi connectivity index (χ0v) is 14.2. The molecule has 0 fully saturated rings. The minimum Gasteiger partial charge on any atom is -0.288 e. The number of thiazole rings is 1. The van der Waals surface area contributed by atoms with E-state index in [-0.39, 0.29) is 10.2 Å². The highest BCUT2D eigenvalue weighted by Gasteiger charge is 2.27. The lowest BCUT2D eigenvalue weighted by Crippen LogP contribution is -2.28. The zero-order valence-electron chi connectivity index (χ0n) is 11.8. The lowest BCUT2D eigenvalue weighted by molar-refractivity contribution is 0.561. The van der Waals surface area contributed by atoms with Crippen molar-refractivity contribution in [2.24, 2.45) is 0 Å². The van der Waals surface area contributed by atoms with Gasteiger partial charge in [-0.25, -0.2) is 23.1 Å². The van der Waals surface area contributed by atoms with Crippen molar-refractivity contribution in [3.63, 3.8) is 0 Å². The number of aryl methyl sites for hydroxylation is 1. The molecule has 1 N–H and O–H groups in total. The first-order chi connectivity index (χ1) is 10.4. The van der Waals surface area contributed by atoms with E-state index in [9.17, 15) is 8.42 Å². The minimum absolute atomic E-state index is 0.0544. The Hall–Kier alpha value is -1.48. The van der Waals surface area contributed by atoms with E-state index in [4.69, 9.17) is 11.6 Å². The molecule has 22 heavy (non-hydrogen) atoms. The Labute approximate surface area is 136 Å². The summed E-state index contributed by atoms with van der Waals surface area (Å²) in [7, 11) is -3.83. The largest absolute Gasteiger partial charge is 0.288 e. The molecule has 0 bridgehead atoms. The van der Waals surface area contributed by atoms with Crippen LogP contribution in [0, 0.1) is 6.92 Å². The molecule has 0 saturated heterocycles. The van der Waals surface area contributed by atoms with Crippen LogP contribution < -0.4 is 4.72 Å². The molecule has 9 heteroatoms. The van der Waals surface area contributed by atoms with E-state index in [0.29, 0.717) is 10.7 Å². The Balaban J connectivity index is 2.00. The highest BCUT2D eigenvalue weighted by atomic mass is 35.5. The Bertz CT molecular complexity index is 933. The number of fused-ring (bicyclic) bond motifs is 1. The van der Waals surface area contributed by atoms with Gasteiger partial charge in [0.15, 0.2) is 10.2 Å². The number of imidazole rings is 1. The minimum atomic E-state index is -3.83. The Morgan fingerprint density at radius 1 is 1.41 bits per heavy atom. The van der Waals surface area contributed by atoms with Crippen LogP contribution >= 0.6 is 22.9 Å². The van der Waals surface area contributed by atoms with Crippen molar-refractivity contribution in [1.82, 2.24) is 19.1 Å². The van der Waals surface area contributed by atoms with Crippen LogP contribution in [0.15, 0.2) is 35.6 Å². The third-order valence-corrected chi connectivity index (χ3v) is 6.08. The topological polar surface area (TPSA) is 76.4 Å². The maximum absolute atomic E-state index is 12.6.